The molecule has 0 heterocycles. The van der Waals surface area contributed by atoms with Crippen molar-refractivity contribution in [3.8, 4) is 11.1 Å². The van der Waals surface area contributed by atoms with Crippen LogP contribution < -0.4 is 0 Å². The lowest BCUT2D eigenvalue weighted by molar-refractivity contribution is 1.55. The van der Waals surface area contributed by atoms with E-state index in [1.165, 1.54) is 0 Å². The van der Waals surface area contributed by atoms with Crippen LogP contribution in [0.1, 0.15) is 11.1 Å². The number of hydrogen-bond acceptors (Lipinski definition) is 0. The number of benzene rings is 3. The maximum atomic E-state index is 7.40. The normalized spacial score (nSPS) is 9.95. The van der Waals surface area contributed by atoms with Crippen molar-refractivity contribution in [2.75, 3.05) is 0 Å². The molecule has 0 aliphatic heterocycles. The van der Waals surface area contributed by atoms with Crippen molar-refractivity contribution in [1.82, 2.24) is 0 Å². The maximum absolute atomic E-state index is 7.40. The molecule has 0 spiro atoms. The molecule has 104 valence electrons. The predicted octanol–water partition coefficient (Wildman–Crippen LogP) is 5.97. The molecule has 0 radical (unpaired) electrons. The van der Waals surface area contributed by atoms with Crippen molar-refractivity contribution >= 4 is 11.3 Å². The van der Waals surface area contributed by atoms with E-state index in [9.17, 15) is 0 Å². The summed E-state index contributed by atoms with van der Waals surface area (Å²) in [6, 6.07) is 26.1. The molecule has 0 saturated heterocycles. The van der Waals surface area contributed by atoms with Gasteiger partial charge in [0.2, 0.25) is 0 Å². The van der Waals surface area contributed by atoms with E-state index in [0.717, 1.165) is 27.8 Å². The second kappa shape index (κ2) is 6.11. The lowest BCUT2D eigenvalue weighted by Crippen LogP contribution is -1.88. The van der Waals surface area contributed by atoms with Crippen LogP contribution >= 0.6 is 0 Å². The van der Waals surface area contributed by atoms with E-state index in [1.807, 2.05) is 60.7 Å². The van der Waals surface area contributed by atoms with E-state index in [-0.39, 0.29) is 0 Å². The Kier molecular flexibility index (Phi) is 3.85. The zero-order valence-corrected chi connectivity index (χ0v) is 12.2. The van der Waals surface area contributed by atoms with Crippen LogP contribution in [0.2, 0.25) is 0 Å². The molecular weight excluding hydrogens is 266 g/mol. The molecule has 3 aromatic carbocycles. The monoisotopic (exact) mass is 281 g/mol. The predicted molar refractivity (Wildman–Crippen MR) is 92.7 cm³/mol. The molecule has 1 heteroatoms. The van der Waals surface area contributed by atoms with E-state index >= 15 is 0 Å². The van der Waals surface area contributed by atoms with Crippen LogP contribution in [0, 0.1) is 6.57 Å². The molecule has 0 saturated carbocycles. The third-order valence-electron chi connectivity index (χ3n) is 3.67. The molecule has 0 amide bonds. The van der Waals surface area contributed by atoms with Crippen molar-refractivity contribution in [3.05, 3.63) is 108 Å². The average Bonchev–Trinajstić information content (AvgIpc) is 2.62. The Morgan fingerprint density at radius 2 is 1.41 bits per heavy atom. The van der Waals surface area contributed by atoms with Gasteiger partial charge in [0, 0.05) is 0 Å². The minimum absolute atomic E-state index is 0.633. The molecule has 22 heavy (non-hydrogen) atoms. The molecule has 0 fully saturated rings. The molecule has 0 aromatic heterocycles. The molecule has 0 unspecified atom stereocenters. The van der Waals surface area contributed by atoms with Crippen molar-refractivity contribution in [2.45, 2.75) is 0 Å². The van der Waals surface area contributed by atoms with E-state index in [0.29, 0.717) is 5.69 Å². The van der Waals surface area contributed by atoms with Crippen LogP contribution in [-0.2, 0) is 0 Å². The van der Waals surface area contributed by atoms with Crippen molar-refractivity contribution in [1.29, 1.82) is 0 Å². The minimum Gasteiger partial charge on any atom is -0.238 e. The largest absolute Gasteiger partial charge is 0.238 e. The molecule has 0 aliphatic rings. The summed E-state index contributed by atoms with van der Waals surface area (Å²) >= 11 is 0. The second-order valence-corrected chi connectivity index (χ2v) is 5.05. The molecule has 0 bridgehead atoms. The van der Waals surface area contributed by atoms with Gasteiger partial charge in [-0.15, -0.1) is 0 Å². The highest BCUT2D eigenvalue weighted by Gasteiger charge is 2.10. The smallest absolute Gasteiger partial charge is 0.194 e. The quantitative estimate of drug-likeness (QED) is 0.521. The van der Waals surface area contributed by atoms with Crippen LogP contribution in [0.15, 0.2) is 85.4 Å². The molecule has 1 nitrogen and oxygen atoms in total. The van der Waals surface area contributed by atoms with Crippen molar-refractivity contribution in [2.24, 2.45) is 0 Å². The van der Waals surface area contributed by atoms with Crippen molar-refractivity contribution in [3.63, 3.8) is 0 Å². The SMILES string of the molecule is [C-]#[N+]c1ccc(-c2ccccc2)cc1C(=C)c1ccccc1. The summed E-state index contributed by atoms with van der Waals surface area (Å²) in [5.41, 5.74) is 5.68. The van der Waals surface area contributed by atoms with Gasteiger partial charge < -0.3 is 0 Å². The molecule has 3 rings (SSSR count). The highest BCUT2D eigenvalue weighted by molar-refractivity contribution is 5.87. The first-order valence-electron chi connectivity index (χ1n) is 7.11. The Labute approximate surface area is 131 Å². The first kappa shape index (κ1) is 13.9. The fourth-order valence-electron chi connectivity index (χ4n) is 2.48. The van der Waals surface area contributed by atoms with E-state index in [2.05, 4.69) is 29.6 Å². The second-order valence-electron chi connectivity index (χ2n) is 5.05. The van der Waals surface area contributed by atoms with Gasteiger partial charge >= 0.3 is 0 Å². The Balaban J connectivity index is 2.10. The van der Waals surface area contributed by atoms with Gasteiger partial charge in [0.15, 0.2) is 5.69 Å². The topological polar surface area (TPSA) is 4.36 Å². The van der Waals surface area contributed by atoms with Gasteiger partial charge in [-0.05, 0) is 27.8 Å². The lowest BCUT2D eigenvalue weighted by Gasteiger charge is -2.11. The summed E-state index contributed by atoms with van der Waals surface area (Å²) in [6.45, 7) is 11.6. The summed E-state index contributed by atoms with van der Waals surface area (Å²) < 4.78 is 0. The molecule has 0 N–H and O–H groups in total. The zero-order valence-electron chi connectivity index (χ0n) is 12.2. The Hall–Kier alpha value is -3.11. The van der Waals surface area contributed by atoms with E-state index < -0.39 is 0 Å². The first-order valence-corrected chi connectivity index (χ1v) is 7.11. The molecule has 0 aliphatic carbocycles. The Morgan fingerprint density at radius 1 is 0.773 bits per heavy atom. The third-order valence-corrected chi connectivity index (χ3v) is 3.67. The number of rotatable bonds is 3. The number of nitrogens with zero attached hydrogens (tertiary/aromatic N) is 1. The highest BCUT2D eigenvalue weighted by atomic mass is 14.6. The van der Waals surface area contributed by atoms with E-state index in [4.69, 9.17) is 6.57 Å². The van der Waals surface area contributed by atoms with Crippen LogP contribution in [0.25, 0.3) is 21.5 Å². The maximum Gasteiger partial charge on any atom is 0.194 e. The first-order chi connectivity index (χ1) is 10.8. The van der Waals surface area contributed by atoms with Crippen molar-refractivity contribution < 1.29 is 0 Å². The van der Waals surface area contributed by atoms with Crippen LogP contribution in [-0.4, -0.2) is 0 Å². The summed E-state index contributed by atoms with van der Waals surface area (Å²) in [5, 5.41) is 0. The van der Waals surface area contributed by atoms with Gasteiger partial charge in [-0.25, -0.2) is 4.85 Å². The summed E-state index contributed by atoms with van der Waals surface area (Å²) in [4.78, 5) is 3.64. The fourth-order valence-corrected chi connectivity index (χ4v) is 2.48. The number of hydrogen-bond donors (Lipinski definition) is 0. The summed E-state index contributed by atoms with van der Waals surface area (Å²) in [6.07, 6.45) is 0. The average molecular weight is 281 g/mol. The van der Waals surface area contributed by atoms with Gasteiger partial charge in [0.05, 0.1) is 6.57 Å². The van der Waals surface area contributed by atoms with E-state index in [1.54, 1.807) is 0 Å². The molecule has 0 atom stereocenters. The standard InChI is InChI=1S/C21H15N/c1-16(17-9-5-3-6-10-17)20-15-19(13-14-21(20)22-2)18-11-7-4-8-12-18/h3-15H,1H2. The van der Waals surface area contributed by atoms with Crippen LogP contribution in [0.4, 0.5) is 5.69 Å². The van der Waals surface area contributed by atoms with Gasteiger partial charge in [-0.3, -0.25) is 0 Å². The molecule has 3 aromatic rings. The highest BCUT2D eigenvalue weighted by Crippen LogP contribution is 2.34. The summed E-state index contributed by atoms with van der Waals surface area (Å²) in [7, 11) is 0. The Bertz CT molecular complexity index is 840. The van der Waals surface area contributed by atoms with Gasteiger partial charge in [0.1, 0.15) is 0 Å². The Morgan fingerprint density at radius 3 is 2.05 bits per heavy atom. The van der Waals surface area contributed by atoms with Crippen LogP contribution in [0.5, 0.6) is 0 Å². The fraction of sp³-hybridized carbons (Fsp3) is 0. The summed E-state index contributed by atoms with van der Waals surface area (Å²) in [5.74, 6) is 0. The minimum atomic E-state index is 0.633. The van der Waals surface area contributed by atoms with Gasteiger partial charge in [0.25, 0.3) is 0 Å². The van der Waals surface area contributed by atoms with Gasteiger partial charge in [-0.2, -0.15) is 0 Å². The van der Waals surface area contributed by atoms with Gasteiger partial charge in [-0.1, -0.05) is 85.4 Å². The van der Waals surface area contributed by atoms with Crippen LogP contribution in [0.3, 0.4) is 0 Å². The zero-order chi connectivity index (χ0) is 15.4. The lowest BCUT2D eigenvalue weighted by atomic mass is 9.94. The third kappa shape index (κ3) is 2.68. The molecular formula is C21H15N.